The first-order valence-corrected chi connectivity index (χ1v) is 11.0. The summed E-state index contributed by atoms with van der Waals surface area (Å²) < 4.78 is 0. The third kappa shape index (κ3) is 9.83. The molecule has 1 rings (SSSR count). The molecule has 0 spiro atoms. The van der Waals surface area contributed by atoms with E-state index >= 15 is 0 Å². The number of unbranched alkanes of at least 4 members (excludes halogenated alkanes) is 1. The Hall–Kier alpha value is -3.06. The molecule has 0 aliphatic carbocycles. The number of amides is 3. The van der Waals surface area contributed by atoms with Crippen LogP contribution in [0, 0.1) is 0 Å². The number of rotatable bonds is 15. The van der Waals surface area contributed by atoms with E-state index in [1.807, 2.05) is 6.07 Å². The van der Waals surface area contributed by atoms with E-state index in [1.54, 1.807) is 24.3 Å². The van der Waals surface area contributed by atoms with Gasteiger partial charge in [0.1, 0.15) is 18.1 Å². The largest absolute Gasteiger partial charge is 0.480 e. The summed E-state index contributed by atoms with van der Waals surface area (Å²) in [6.45, 7) is 0.803. The predicted molar refractivity (Wildman–Crippen MR) is 123 cm³/mol. The van der Waals surface area contributed by atoms with Gasteiger partial charge in [-0.1, -0.05) is 30.3 Å². The van der Waals surface area contributed by atoms with E-state index in [4.69, 9.17) is 11.5 Å². The number of carboxylic acids is 1. The standard InChI is InChI=1S/C22H35N5O7/c1-13(29)18(27-19(30)15(24)11-14-7-3-2-4-8-14)21(32)26-17(12-28)20(31)25-16(22(33)34)9-5-6-10-23/h2-4,7-8,13,15-18,28-29H,5-6,9-12,23-24H2,1H3,(H,25,31)(H,26,32)(H,27,30)(H,33,34). The van der Waals surface area contributed by atoms with Gasteiger partial charge in [-0.15, -0.1) is 0 Å². The average molecular weight is 482 g/mol. The van der Waals surface area contributed by atoms with E-state index in [1.165, 1.54) is 6.92 Å². The molecular weight excluding hydrogens is 446 g/mol. The van der Waals surface area contributed by atoms with Gasteiger partial charge < -0.3 is 42.7 Å². The first-order chi connectivity index (χ1) is 16.1. The van der Waals surface area contributed by atoms with Crippen molar-refractivity contribution in [1.82, 2.24) is 16.0 Å². The average Bonchev–Trinajstić information content (AvgIpc) is 2.80. The van der Waals surface area contributed by atoms with E-state index in [-0.39, 0.29) is 12.8 Å². The molecule has 1 aromatic rings. The third-order valence-corrected chi connectivity index (χ3v) is 5.07. The normalized spacial score (nSPS) is 15.3. The van der Waals surface area contributed by atoms with Gasteiger partial charge in [0.2, 0.25) is 17.7 Å². The van der Waals surface area contributed by atoms with Crippen LogP contribution < -0.4 is 27.4 Å². The molecule has 0 aliphatic heterocycles. The van der Waals surface area contributed by atoms with Gasteiger partial charge >= 0.3 is 5.97 Å². The smallest absolute Gasteiger partial charge is 0.326 e. The number of benzene rings is 1. The molecule has 3 amide bonds. The molecule has 34 heavy (non-hydrogen) atoms. The maximum absolute atomic E-state index is 12.7. The molecule has 5 atom stereocenters. The fraction of sp³-hybridized carbons (Fsp3) is 0.545. The Bertz CT molecular complexity index is 806. The van der Waals surface area contributed by atoms with Crippen molar-refractivity contribution >= 4 is 23.7 Å². The lowest BCUT2D eigenvalue weighted by molar-refractivity contribution is -0.143. The van der Waals surface area contributed by atoms with E-state index in [2.05, 4.69) is 16.0 Å². The number of aliphatic carboxylic acids is 1. The van der Waals surface area contributed by atoms with Crippen LogP contribution in [0.3, 0.4) is 0 Å². The van der Waals surface area contributed by atoms with Crippen LogP contribution in [0.1, 0.15) is 31.7 Å². The zero-order valence-corrected chi connectivity index (χ0v) is 19.1. The Kier molecular flexibility index (Phi) is 12.7. The van der Waals surface area contributed by atoms with Crippen LogP contribution in [0.15, 0.2) is 30.3 Å². The summed E-state index contributed by atoms with van der Waals surface area (Å²) in [6.07, 6.45) is 0.00291. The molecule has 0 bridgehead atoms. The molecule has 1 aromatic carbocycles. The van der Waals surface area contributed by atoms with Gasteiger partial charge in [-0.3, -0.25) is 14.4 Å². The SMILES string of the molecule is CC(O)C(NC(=O)C(N)Cc1ccccc1)C(=O)NC(CO)C(=O)NC(CCCCN)C(=O)O. The molecule has 0 saturated heterocycles. The quantitative estimate of drug-likeness (QED) is 0.125. The number of carbonyl (C=O) groups is 4. The number of hydrogen-bond donors (Lipinski definition) is 8. The molecule has 0 aliphatic rings. The highest BCUT2D eigenvalue weighted by atomic mass is 16.4. The van der Waals surface area contributed by atoms with Crippen LogP contribution in [-0.2, 0) is 25.6 Å². The Morgan fingerprint density at radius 2 is 1.56 bits per heavy atom. The Morgan fingerprint density at radius 1 is 0.941 bits per heavy atom. The van der Waals surface area contributed by atoms with Crippen LogP contribution in [0.5, 0.6) is 0 Å². The monoisotopic (exact) mass is 481 g/mol. The van der Waals surface area contributed by atoms with Crippen LogP contribution in [0.2, 0.25) is 0 Å². The number of carbonyl (C=O) groups excluding carboxylic acids is 3. The summed E-state index contributed by atoms with van der Waals surface area (Å²) in [6, 6.07) is 3.78. The maximum Gasteiger partial charge on any atom is 0.326 e. The highest BCUT2D eigenvalue weighted by Gasteiger charge is 2.32. The van der Waals surface area contributed by atoms with E-state index in [0.717, 1.165) is 5.56 Å². The van der Waals surface area contributed by atoms with Crippen LogP contribution in [-0.4, -0.2) is 82.4 Å². The van der Waals surface area contributed by atoms with E-state index in [0.29, 0.717) is 19.4 Å². The minimum atomic E-state index is -1.50. The summed E-state index contributed by atoms with van der Waals surface area (Å²) in [5.74, 6) is -3.83. The predicted octanol–water partition coefficient (Wildman–Crippen LogP) is -2.40. The lowest BCUT2D eigenvalue weighted by Crippen LogP contribution is -2.60. The summed E-state index contributed by atoms with van der Waals surface area (Å²) in [5, 5.41) is 35.7. The highest BCUT2D eigenvalue weighted by Crippen LogP contribution is 2.04. The number of nitrogens with one attached hydrogen (secondary N) is 3. The van der Waals surface area contributed by atoms with Gasteiger partial charge in [0.25, 0.3) is 0 Å². The second-order valence-corrected chi connectivity index (χ2v) is 7.95. The van der Waals surface area contributed by atoms with Crippen molar-refractivity contribution in [3.8, 4) is 0 Å². The van der Waals surface area contributed by atoms with Crippen LogP contribution in [0.4, 0.5) is 0 Å². The number of hydrogen-bond acceptors (Lipinski definition) is 8. The van der Waals surface area contributed by atoms with E-state index in [9.17, 15) is 34.5 Å². The zero-order chi connectivity index (χ0) is 25.7. The molecule has 5 unspecified atom stereocenters. The summed E-state index contributed by atoms with van der Waals surface area (Å²) in [5.41, 5.74) is 12.1. The number of aliphatic hydroxyl groups excluding tert-OH is 2. The maximum atomic E-state index is 12.7. The fourth-order valence-electron chi connectivity index (χ4n) is 3.10. The first kappa shape index (κ1) is 29.0. The van der Waals surface area contributed by atoms with Gasteiger partial charge in [-0.05, 0) is 44.7 Å². The lowest BCUT2D eigenvalue weighted by atomic mass is 10.0. The van der Waals surface area contributed by atoms with Gasteiger partial charge in [0, 0.05) is 0 Å². The second kappa shape index (κ2) is 15.0. The van der Waals surface area contributed by atoms with Crippen LogP contribution >= 0.6 is 0 Å². The van der Waals surface area contributed by atoms with E-state index < -0.39 is 60.6 Å². The zero-order valence-electron chi connectivity index (χ0n) is 19.1. The molecule has 0 fully saturated rings. The van der Waals surface area contributed by atoms with Gasteiger partial charge in [0.05, 0.1) is 18.8 Å². The first-order valence-electron chi connectivity index (χ1n) is 11.0. The van der Waals surface area contributed by atoms with Crippen molar-refractivity contribution in [1.29, 1.82) is 0 Å². The van der Waals surface area contributed by atoms with Gasteiger partial charge in [-0.25, -0.2) is 4.79 Å². The Balaban J connectivity index is 2.76. The van der Waals surface area contributed by atoms with Crippen molar-refractivity contribution in [2.24, 2.45) is 11.5 Å². The number of carboxylic acid groups (broad SMARTS) is 1. The molecule has 0 aromatic heterocycles. The van der Waals surface area contributed by atoms with Crippen LogP contribution in [0.25, 0.3) is 0 Å². The number of aliphatic hydroxyl groups is 2. The molecule has 190 valence electrons. The highest BCUT2D eigenvalue weighted by molar-refractivity contribution is 5.94. The minimum absolute atomic E-state index is 0.121. The fourth-order valence-corrected chi connectivity index (χ4v) is 3.10. The lowest BCUT2D eigenvalue weighted by Gasteiger charge is -2.25. The van der Waals surface area contributed by atoms with Crippen molar-refractivity contribution in [2.45, 2.75) is 62.9 Å². The van der Waals surface area contributed by atoms with Gasteiger partial charge in [-0.2, -0.15) is 0 Å². The second-order valence-electron chi connectivity index (χ2n) is 7.95. The molecule has 10 N–H and O–H groups in total. The van der Waals surface area contributed by atoms with Crippen molar-refractivity contribution in [3.63, 3.8) is 0 Å². The van der Waals surface area contributed by atoms with Gasteiger partial charge in [0.15, 0.2) is 0 Å². The molecule has 0 heterocycles. The minimum Gasteiger partial charge on any atom is -0.480 e. The topological polar surface area (TPSA) is 217 Å². The summed E-state index contributed by atoms with van der Waals surface area (Å²) in [7, 11) is 0. The molecule has 12 nitrogen and oxygen atoms in total. The Morgan fingerprint density at radius 3 is 2.09 bits per heavy atom. The molecule has 0 radical (unpaired) electrons. The molecule has 12 heteroatoms. The number of nitrogens with two attached hydrogens (primary N) is 2. The molecule has 0 saturated carbocycles. The summed E-state index contributed by atoms with van der Waals surface area (Å²) in [4.78, 5) is 49.0. The van der Waals surface area contributed by atoms with Crippen molar-refractivity contribution in [3.05, 3.63) is 35.9 Å². The summed E-state index contributed by atoms with van der Waals surface area (Å²) >= 11 is 0. The Labute approximate surface area is 198 Å². The van der Waals surface area contributed by atoms with Crippen molar-refractivity contribution < 1.29 is 34.5 Å². The molecular formula is C22H35N5O7. The van der Waals surface area contributed by atoms with Crippen molar-refractivity contribution in [2.75, 3.05) is 13.2 Å². The third-order valence-electron chi connectivity index (χ3n) is 5.07.